The second-order valence-corrected chi connectivity index (χ2v) is 8.73. The van der Waals surface area contributed by atoms with Gasteiger partial charge in [-0.2, -0.15) is 5.10 Å². The molecule has 0 atom stereocenters. The number of nitrogens with zero attached hydrogens (tertiary/aromatic N) is 4. The van der Waals surface area contributed by atoms with Crippen molar-refractivity contribution in [1.82, 2.24) is 10.2 Å². The number of carbonyl (C=O) groups is 1. The number of thioether (sulfide) groups is 1. The van der Waals surface area contributed by atoms with Crippen molar-refractivity contribution in [3.8, 4) is 17.2 Å². The Morgan fingerprint density at radius 3 is 2.51 bits per heavy atom. The third-order valence-electron chi connectivity index (χ3n) is 4.57. The van der Waals surface area contributed by atoms with E-state index in [1.807, 2.05) is 24.3 Å². The first kappa shape index (κ1) is 24.1. The van der Waals surface area contributed by atoms with Gasteiger partial charge in [-0.1, -0.05) is 22.0 Å². The Bertz CT molecular complexity index is 1390. The molecular formula is C23H16BrN5O5S. The van der Waals surface area contributed by atoms with Gasteiger partial charge >= 0.3 is 0 Å². The Balaban J connectivity index is 1.61. The Morgan fingerprint density at radius 2 is 1.86 bits per heavy atom. The van der Waals surface area contributed by atoms with Crippen LogP contribution in [0.25, 0.3) is 11.5 Å². The number of nitrogens with one attached hydrogen (secondary N) is 1. The minimum absolute atomic E-state index is 0.000821. The Hall–Kier alpha value is -4.03. The Morgan fingerprint density at radius 1 is 1.11 bits per heavy atom. The van der Waals surface area contributed by atoms with Gasteiger partial charge in [-0.3, -0.25) is 20.3 Å². The molecule has 1 aromatic heterocycles. The van der Waals surface area contributed by atoms with E-state index in [2.05, 4.69) is 36.7 Å². The zero-order chi connectivity index (χ0) is 24.8. The van der Waals surface area contributed by atoms with E-state index >= 15 is 0 Å². The van der Waals surface area contributed by atoms with Crippen molar-refractivity contribution < 1.29 is 18.9 Å². The molecule has 0 unspecified atom stereocenters. The molecule has 0 aliphatic rings. The van der Waals surface area contributed by atoms with Crippen LogP contribution in [0, 0.1) is 10.1 Å². The summed E-state index contributed by atoms with van der Waals surface area (Å²) in [7, 11) is 1.56. The fourth-order valence-electron chi connectivity index (χ4n) is 2.83. The lowest BCUT2D eigenvalue weighted by Gasteiger charge is -2.06. The third-order valence-corrected chi connectivity index (χ3v) is 5.88. The number of methoxy groups -OCH3 is 1. The average molecular weight is 554 g/mol. The number of ether oxygens (including phenoxy) is 1. The van der Waals surface area contributed by atoms with Crippen molar-refractivity contribution in [2.75, 3.05) is 12.5 Å². The number of non-ortho nitro benzene ring substituents is 1. The van der Waals surface area contributed by atoms with Crippen LogP contribution >= 0.6 is 27.7 Å². The summed E-state index contributed by atoms with van der Waals surface area (Å²) in [6.07, 6.45) is 0. The van der Waals surface area contributed by atoms with Crippen LogP contribution < -0.4 is 10.2 Å². The first-order valence-corrected chi connectivity index (χ1v) is 11.6. The van der Waals surface area contributed by atoms with Crippen molar-refractivity contribution in [2.24, 2.45) is 5.10 Å². The quantitative estimate of drug-likeness (QED) is 0.0715. The van der Waals surface area contributed by atoms with E-state index in [-0.39, 0.29) is 27.4 Å². The molecule has 0 bridgehead atoms. The van der Waals surface area contributed by atoms with Crippen molar-refractivity contribution in [3.05, 3.63) is 92.9 Å². The minimum atomic E-state index is -0.537. The van der Waals surface area contributed by atoms with Gasteiger partial charge in [0.2, 0.25) is 11.7 Å². The number of aromatic nitrogens is 2. The molecule has 4 rings (SSSR count). The van der Waals surface area contributed by atoms with Crippen LogP contribution in [0.15, 0.2) is 92.0 Å². The molecule has 0 aliphatic carbocycles. The first-order valence-electron chi connectivity index (χ1n) is 9.97. The number of hydrogen-bond acceptors (Lipinski definition) is 10. The Labute approximate surface area is 211 Å². The number of rotatable bonds is 8. The van der Waals surface area contributed by atoms with E-state index in [0.717, 1.165) is 16.2 Å². The van der Waals surface area contributed by atoms with Crippen molar-refractivity contribution in [1.29, 1.82) is 0 Å². The number of nitro benzene ring substituents is 1. The standard InChI is InChI=1S/C23H16BrN5O5S/c1-33-19-11-7-17(8-12-19)25-27-22(20(30)14-5-9-18(10-6-14)29(31)32)35-23-28-26-21(34-23)15-3-2-4-16(24)13-15/h2-13,25H,1H3/b27-22-. The van der Waals surface area contributed by atoms with Crippen LogP contribution in [0.4, 0.5) is 11.4 Å². The molecular weight excluding hydrogens is 538 g/mol. The van der Waals surface area contributed by atoms with Gasteiger partial charge in [0.05, 0.1) is 17.7 Å². The molecule has 4 aromatic rings. The highest BCUT2D eigenvalue weighted by atomic mass is 79.9. The fraction of sp³-hybridized carbons (Fsp3) is 0.0435. The summed E-state index contributed by atoms with van der Waals surface area (Å²) in [5, 5.41) is 23.4. The van der Waals surface area contributed by atoms with E-state index in [9.17, 15) is 14.9 Å². The largest absolute Gasteiger partial charge is 0.497 e. The molecule has 3 aromatic carbocycles. The normalized spacial score (nSPS) is 11.2. The summed E-state index contributed by atoms with van der Waals surface area (Å²) in [6.45, 7) is 0. The van der Waals surface area contributed by atoms with E-state index < -0.39 is 10.7 Å². The fourth-order valence-corrected chi connectivity index (χ4v) is 3.90. The third kappa shape index (κ3) is 6.11. The van der Waals surface area contributed by atoms with Crippen LogP contribution in [0.3, 0.4) is 0 Å². The predicted molar refractivity (Wildman–Crippen MR) is 135 cm³/mol. The zero-order valence-corrected chi connectivity index (χ0v) is 20.4. The second kappa shape index (κ2) is 10.9. The molecule has 176 valence electrons. The Kier molecular flexibility index (Phi) is 7.53. The maximum Gasteiger partial charge on any atom is 0.283 e. The maximum absolute atomic E-state index is 13.2. The lowest BCUT2D eigenvalue weighted by atomic mass is 10.1. The number of anilines is 1. The highest BCUT2D eigenvalue weighted by molar-refractivity contribution is 9.10. The summed E-state index contributed by atoms with van der Waals surface area (Å²) >= 11 is 4.28. The summed E-state index contributed by atoms with van der Waals surface area (Å²) in [5.41, 5.74) is 4.23. The van der Waals surface area contributed by atoms with Crippen LogP contribution in [0.5, 0.6) is 5.75 Å². The SMILES string of the molecule is COc1ccc(N/N=C(\Sc2nnc(-c3cccc(Br)c3)o2)C(=O)c2ccc([N+](=O)[O-])cc2)cc1. The summed E-state index contributed by atoms with van der Waals surface area (Å²) in [4.78, 5) is 23.6. The summed E-state index contributed by atoms with van der Waals surface area (Å²) < 4.78 is 11.7. The summed E-state index contributed by atoms with van der Waals surface area (Å²) in [6, 6.07) is 19.5. The van der Waals surface area contributed by atoms with E-state index in [1.165, 1.54) is 24.3 Å². The summed E-state index contributed by atoms with van der Waals surface area (Å²) in [5.74, 6) is 0.467. The number of nitro groups is 1. The van der Waals surface area contributed by atoms with Crippen molar-refractivity contribution >= 4 is 49.9 Å². The lowest BCUT2D eigenvalue weighted by Crippen LogP contribution is -2.13. The van der Waals surface area contributed by atoms with Crippen LogP contribution in [0.2, 0.25) is 0 Å². The minimum Gasteiger partial charge on any atom is -0.497 e. The smallest absolute Gasteiger partial charge is 0.283 e. The number of benzene rings is 3. The van der Waals surface area contributed by atoms with E-state index in [0.29, 0.717) is 17.0 Å². The van der Waals surface area contributed by atoms with E-state index in [4.69, 9.17) is 9.15 Å². The number of carbonyl (C=O) groups excluding carboxylic acids is 1. The molecule has 0 aliphatic heterocycles. The monoisotopic (exact) mass is 553 g/mol. The van der Waals surface area contributed by atoms with Gasteiger partial charge in [0.15, 0.2) is 5.04 Å². The molecule has 1 heterocycles. The average Bonchev–Trinajstić information content (AvgIpc) is 3.35. The molecule has 0 amide bonds. The number of ketones is 1. The molecule has 0 spiro atoms. The lowest BCUT2D eigenvalue weighted by molar-refractivity contribution is -0.384. The highest BCUT2D eigenvalue weighted by Crippen LogP contribution is 2.27. The molecule has 0 saturated carbocycles. The van der Waals surface area contributed by atoms with Crippen LogP contribution in [-0.4, -0.2) is 33.1 Å². The van der Waals surface area contributed by atoms with Gasteiger partial charge in [0.1, 0.15) is 5.75 Å². The van der Waals surface area contributed by atoms with Gasteiger partial charge in [-0.05, 0) is 66.4 Å². The number of Topliss-reactive ketones (excluding diaryl/α,β-unsaturated/α-hetero) is 1. The van der Waals surface area contributed by atoms with Crippen molar-refractivity contribution in [3.63, 3.8) is 0 Å². The number of halogens is 1. The zero-order valence-electron chi connectivity index (χ0n) is 18.0. The van der Waals surface area contributed by atoms with Crippen molar-refractivity contribution in [2.45, 2.75) is 5.22 Å². The second-order valence-electron chi connectivity index (χ2n) is 6.88. The van der Waals surface area contributed by atoms with Gasteiger partial charge in [0, 0.05) is 27.7 Å². The van der Waals surface area contributed by atoms with Gasteiger partial charge in [-0.25, -0.2) is 0 Å². The molecule has 0 radical (unpaired) electrons. The number of hydrazone groups is 1. The highest BCUT2D eigenvalue weighted by Gasteiger charge is 2.21. The molecule has 0 saturated heterocycles. The molecule has 10 nitrogen and oxygen atoms in total. The number of hydrogen-bond donors (Lipinski definition) is 1. The predicted octanol–water partition coefficient (Wildman–Crippen LogP) is 5.82. The van der Waals surface area contributed by atoms with Crippen LogP contribution in [0.1, 0.15) is 10.4 Å². The molecule has 35 heavy (non-hydrogen) atoms. The molecule has 0 fully saturated rings. The van der Waals surface area contributed by atoms with Crippen LogP contribution in [-0.2, 0) is 0 Å². The van der Waals surface area contributed by atoms with Gasteiger partial charge in [0.25, 0.3) is 10.9 Å². The first-order chi connectivity index (χ1) is 16.9. The van der Waals surface area contributed by atoms with E-state index in [1.54, 1.807) is 31.4 Å². The maximum atomic E-state index is 13.2. The van der Waals surface area contributed by atoms with Gasteiger partial charge < -0.3 is 9.15 Å². The molecule has 1 N–H and O–H groups in total. The molecule has 12 heteroatoms. The topological polar surface area (TPSA) is 133 Å². The van der Waals surface area contributed by atoms with Gasteiger partial charge in [-0.15, -0.1) is 10.2 Å².